The van der Waals surface area contributed by atoms with Crippen LogP contribution >= 0.6 is 15.9 Å². The molecular formula is C17H25BrN4O2. The second-order valence-corrected chi connectivity index (χ2v) is 7.48. The van der Waals surface area contributed by atoms with Crippen molar-refractivity contribution in [1.82, 2.24) is 14.6 Å². The number of aromatic nitrogens is 3. The maximum Gasteiger partial charge on any atom is 0.241 e. The fraction of sp³-hybridized carbons (Fsp3) is 0.647. The number of nitrogens with zero attached hydrogens (tertiary/aromatic N) is 3. The van der Waals surface area contributed by atoms with Gasteiger partial charge in [-0.15, -0.1) is 5.10 Å². The molecule has 1 aliphatic carbocycles. The summed E-state index contributed by atoms with van der Waals surface area (Å²) in [5, 5.41) is 17.8. The number of anilines is 1. The van der Waals surface area contributed by atoms with Gasteiger partial charge in [0.15, 0.2) is 0 Å². The van der Waals surface area contributed by atoms with Crippen molar-refractivity contribution in [2.75, 3.05) is 19.0 Å². The predicted molar refractivity (Wildman–Crippen MR) is 97.5 cm³/mol. The van der Waals surface area contributed by atoms with Gasteiger partial charge in [0.05, 0.1) is 17.8 Å². The van der Waals surface area contributed by atoms with E-state index in [9.17, 15) is 5.11 Å². The van der Waals surface area contributed by atoms with Gasteiger partial charge >= 0.3 is 0 Å². The summed E-state index contributed by atoms with van der Waals surface area (Å²) in [6.45, 7) is 2.81. The minimum absolute atomic E-state index is 0.149. The first kappa shape index (κ1) is 17.6. The Bertz CT molecular complexity index is 683. The zero-order valence-corrected chi connectivity index (χ0v) is 15.8. The number of hydrogen-bond donors (Lipinski definition) is 2. The van der Waals surface area contributed by atoms with Crippen LogP contribution in [0.2, 0.25) is 0 Å². The first-order chi connectivity index (χ1) is 11.6. The van der Waals surface area contributed by atoms with Gasteiger partial charge in [-0.25, -0.2) is 9.50 Å². The Kier molecular flexibility index (Phi) is 5.73. The molecule has 0 aliphatic heterocycles. The number of nitrogens with one attached hydrogen (secondary N) is 1. The summed E-state index contributed by atoms with van der Waals surface area (Å²) < 4.78 is 8.13. The number of methoxy groups -OCH3 is 1. The molecule has 0 bridgehead atoms. The molecule has 1 atom stereocenters. The van der Waals surface area contributed by atoms with E-state index in [1.807, 2.05) is 10.7 Å². The largest absolute Gasteiger partial charge is 0.393 e. The topological polar surface area (TPSA) is 71.7 Å². The molecule has 0 saturated heterocycles. The second kappa shape index (κ2) is 7.80. The van der Waals surface area contributed by atoms with Crippen molar-refractivity contribution >= 4 is 27.4 Å². The van der Waals surface area contributed by atoms with Gasteiger partial charge in [-0.3, -0.25) is 0 Å². The summed E-state index contributed by atoms with van der Waals surface area (Å²) in [6.07, 6.45) is 6.32. The van der Waals surface area contributed by atoms with E-state index in [4.69, 9.17) is 9.84 Å². The van der Waals surface area contributed by atoms with Crippen molar-refractivity contribution < 1.29 is 9.84 Å². The van der Waals surface area contributed by atoms with Crippen LogP contribution in [-0.2, 0) is 4.74 Å². The van der Waals surface area contributed by atoms with E-state index >= 15 is 0 Å². The minimum Gasteiger partial charge on any atom is -0.393 e. The quantitative estimate of drug-likeness (QED) is 0.782. The highest BCUT2D eigenvalue weighted by atomic mass is 79.9. The van der Waals surface area contributed by atoms with Crippen molar-refractivity contribution in [3.63, 3.8) is 0 Å². The average molecular weight is 397 g/mol. The smallest absolute Gasteiger partial charge is 0.241 e. The summed E-state index contributed by atoms with van der Waals surface area (Å²) in [6, 6.07) is 2.39. The van der Waals surface area contributed by atoms with Gasteiger partial charge in [-0.2, -0.15) is 0 Å². The summed E-state index contributed by atoms with van der Waals surface area (Å²) in [7, 11) is 1.71. The van der Waals surface area contributed by atoms with Gasteiger partial charge in [0.25, 0.3) is 0 Å². The van der Waals surface area contributed by atoms with Crippen molar-refractivity contribution in [1.29, 1.82) is 0 Å². The lowest BCUT2D eigenvalue weighted by molar-refractivity contribution is 0.121. The first-order valence-electron chi connectivity index (χ1n) is 8.56. The van der Waals surface area contributed by atoms with Crippen LogP contribution in [-0.4, -0.2) is 45.6 Å². The van der Waals surface area contributed by atoms with Crippen molar-refractivity contribution in [3.05, 3.63) is 22.4 Å². The molecule has 1 fully saturated rings. The fourth-order valence-corrected chi connectivity index (χ4v) is 3.80. The van der Waals surface area contributed by atoms with Crippen LogP contribution in [0, 0.1) is 0 Å². The third-order valence-electron chi connectivity index (χ3n) is 4.74. The van der Waals surface area contributed by atoms with Crippen LogP contribution in [0.1, 0.15) is 50.6 Å². The number of hydrogen-bond acceptors (Lipinski definition) is 5. The van der Waals surface area contributed by atoms with Gasteiger partial charge in [-0.05, 0) is 61.0 Å². The minimum atomic E-state index is -0.149. The molecule has 6 nitrogen and oxygen atoms in total. The maximum atomic E-state index is 9.74. The molecule has 2 heterocycles. The standard InChI is InChI=1S/C17H25BrN4O2/c1-11(7-8-24-2)20-17-19-10-16-14(18)9-15(22(16)21-17)12-3-5-13(23)6-4-12/h9-13,23H,3-8H2,1-2H3,(H,20,21). The van der Waals surface area contributed by atoms with Gasteiger partial charge in [0.2, 0.25) is 5.95 Å². The third kappa shape index (κ3) is 3.90. The normalized spacial score (nSPS) is 22.7. The Morgan fingerprint density at radius 1 is 1.42 bits per heavy atom. The lowest BCUT2D eigenvalue weighted by Gasteiger charge is -2.25. The van der Waals surface area contributed by atoms with E-state index in [-0.39, 0.29) is 12.1 Å². The lowest BCUT2D eigenvalue weighted by Crippen LogP contribution is -2.21. The molecule has 2 aromatic rings. The van der Waals surface area contributed by atoms with E-state index in [1.54, 1.807) is 7.11 Å². The van der Waals surface area contributed by atoms with Gasteiger partial charge in [0.1, 0.15) is 0 Å². The van der Waals surface area contributed by atoms with Crippen molar-refractivity contribution in [3.8, 4) is 0 Å². The Labute approximate surface area is 150 Å². The van der Waals surface area contributed by atoms with E-state index < -0.39 is 0 Å². The fourth-order valence-electron chi connectivity index (χ4n) is 3.29. The molecule has 1 saturated carbocycles. The summed E-state index contributed by atoms with van der Waals surface area (Å²) in [4.78, 5) is 4.43. The molecule has 0 aromatic carbocycles. The average Bonchev–Trinajstić information content (AvgIpc) is 2.90. The molecule has 0 spiro atoms. The first-order valence-corrected chi connectivity index (χ1v) is 9.35. The highest BCUT2D eigenvalue weighted by Crippen LogP contribution is 2.36. The van der Waals surface area contributed by atoms with E-state index in [1.165, 1.54) is 5.69 Å². The van der Waals surface area contributed by atoms with E-state index in [2.05, 4.69) is 39.2 Å². The Hall–Kier alpha value is -1.18. The van der Waals surface area contributed by atoms with Crippen molar-refractivity contribution in [2.45, 2.75) is 57.1 Å². The number of halogens is 1. The van der Waals surface area contributed by atoms with Gasteiger partial charge in [-0.1, -0.05) is 0 Å². The van der Waals surface area contributed by atoms with Crippen molar-refractivity contribution in [2.24, 2.45) is 0 Å². The Balaban J connectivity index is 1.83. The number of ether oxygens (including phenoxy) is 1. The Morgan fingerprint density at radius 3 is 2.88 bits per heavy atom. The highest BCUT2D eigenvalue weighted by Gasteiger charge is 2.24. The van der Waals surface area contributed by atoms with Crippen LogP contribution < -0.4 is 5.32 Å². The molecular weight excluding hydrogens is 372 g/mol. The second-order valence-electron chi connectivity index (χ2n) is 6.63. The zero-order valence-electron chi connectivity index (χ0n) is 14.2. The zero-order chi connectivity index (χ0) is 17.1. The Morgan fingerprint density at radius 2 is 2.17 bits per heavy atom. The lowest BCUT2D eigenvalue weighted by atomic mass is 9.85. The highest BCUT2D eigenvalue weighted by molar-refractivity contribution is 9.10. The maximum absolute atomic E-state index is 9.74. The monoisotopic (exact) mass is 396 g/mol. The van der Waals surface area contributed by atoms with Gasteiger partial charge in [0, 0.05) is 35.8 Å². The number of aliphatic hydroxyl groups is 1. The molecule has 0 radical (unpaired) electrons. The van der Waals surface area contributed by atoms with E-state index in [0.29, 0.717) is 18.5 Å². The number of rotatable bonds is 6. The molecule has 24 heavy (non-hydrogen) atoms. The summed E-state index contributed by atoms with van der Waals surface area (Å²) in [5.41, 5.74) is 2.17. The molecule has 1 unspecified atom stereocenters. The van der Waals surface area contributed by atoms with Gasteiger partial charge < -0.3 is 15.2 Å². The summed E-state index contributed by atoms with van der Waals surface area (Å²) >= 11 is 3.62. The van der Waals surface area contributed by atoms with Crippen LogP contribution in [0.15, 0.2) is 16.7 Å². The van der Waals surface area contributed by atoms with E-state index in [0.717, 1.165) is 42.1 Å². The van der Waals surface area contributed by atoms with Crippen LogP contribution in [0.3, 0.4) is 0 Å². The molecule has 2 N–H and O–H groups in total. The molecule has 0 amide bonds. The van der Waals surface area contributed by atoms with Crippen LogP contribution in [0.25, 0.3) is 5.52 Å². The molecule has 3 rings (SSSR count). The third-order valence-corrected chi connectivity index (χ3v) is 5.38. The molecule has 7 heteroatoms. The number of fused-ring (bicyclic) bond motifs is 1. The number of aliphatic hydroxyl groups excluding tert-OH is 1. The summed E-state index contributed by atoms with van der Waals surface area (Å²) in [5.74, 6) is 1.06. The molecule has 2 aromatic heterocycles. The SMILES string of the molecule is COCCC(C)Nc1ncc2c(Br)cc(C3CCC(O)CC3)n2n1. The molecule has 1 aliphatic rings. The van der Waals surface area contributed by atoms with Crippen LogP contribution in [0.4, 0.5) is 5.95 Å². The predicted octanol–water partition coefficient (Wildman–Crippen LogP) is 3.35. The molecule has 132 valence electrons. The van der Waals surface area contributed by atoms with Crippen LogP contribution in [0.5, 0.6) is 0 Å².